The van der Waals surface area contributed by atoms with Gasteiger partial charge >= 0.3 is 0 Å². The Balaban J connectivity index is 2.83. The molecular weight excluding hydrogens is 303 g/mol. The molecule has 1 amide bonds. The summed E-state index contributed by atoms with van der Waals surface area (Å²) in [6.07, 6.45) is 1.76. The Morgan fingerprint density at radius 3 is 2.53 bits per heavy atom. The molecule has 0 radical (unpaired) electrons. The molecule has 0 aliphatic heterocycles. The average Bonchev–Trinajstić information content (AvgIpc) is 2.10. The molecule has 0 unspecified atom stereocenters. The first-order chi connectivity index (χ1) is 6.80. The molecule has 0 aromatic carbocycles. The Bertz CT molecular complexity index is 383. The smallest absolute Gasteiger partial charge is 0.230 e. The lowest BCUT2D eigenvalue weighted by atomic mass is 9.96. The van der Waals surface area contributed by atoms with Gasteiger partial charge in [-0.3, -0.25) is 4.79 Å². The van der Waals surface area contributed by atoms with Crippen molar-refractivity contribution in [3.05, 3.63) is 21.4 Å². The number of amides is 1. The first-order valence-electron chi connectivity index (χ1n) is 4.74. The van der Waals surface area contributed by atoms with Crippen LogP contribution in [0.1, 0.15) is 26.3 Å². The predicted octanol–water partition coefficient (Wildman–Crippen LogP) is 2.98. The highest BCUT2D eigenvalue weighted by atomic mass is 127. The molecule has 0 bridgehead atoms. The molecule has 15 heavy (non-hydrogen) atoms. The summed E-state index contributed by atoms with van der Waals surface area (Å²) in [5, 5.41) is 2.80. The highest BCUT2D eigenvalue weighted by Gasteiger charge is 2.21. The van der Waals surface area contributed by atoms with E-state index in [0.717, 1.165) is 9.13 Å². The molecule has 0 aliphatic carbocycles. The van der Waals surface area contributed by atoms with Gasteiger partial charge in [0.25, 0.3) is 0 Å². The Labute approximate surface area is 104 Å². The fraction of sp³-hybridized carbons (Fsp3) is 0.455. The van der Waals surface area contributed by atoms with E-state index in [1.807, 2.05) is 33.8 Å². The van der Waals surface area contributed by atoms with E-state index in [1.54, 1.807) is 6.20 Å². The van der Waals surface area contributed by atoms with Gasteiger partial charge in [0.1, 0.15) is 5.82 Å². The maximum Gasteiger partial charge on any atom is 0.230 e. The van der Waals surface area contributed by atoms with Crippen LogP contribution < -0.4 is 5.32 Å². The van der Waals surface area contributed by atoms with Crippen molar-refractivity contribution in [2.45, 2.75) is 27.7 Å². The van der Waals surface area contributed by atoms with Gasteiger partial charge in [0, 0.05) is 15.2 Å². The molecule has 1 aromatic heterocycles. The third kappa shape index (κ3) is 3.44. The summed E-state index contributed by atoms with van der Waals surface area (Å²) in [7, 11) is 0. The van der Waals surface area contributed by atoms with Gasteiger partial charge in [0.2, 0.25) is 5.91 Å². The van der Waals surface area contributed by atoms with Crippen LogP contribution in [0.4, 0.5) is 5.82 Å². The number of hydrogen-bond acceptors (Lipinski definition) is 2. The van der Waals surface area contributed by atoms with E-state index in [4.69, 9.17) is 0 Å². The zero-order valence-corrected chi connectivity index (χ0v) is 11.5. The lowest BCUT2D eigenvalue weighted by Gasteiger charge is -2.17. The number of halogens is 1. The van der Waals surface area contributed by atoms with E-state index in [-0.39, 0.29) is 5.91 Å². The number of nitrogens with zero attached hydrogens (tertiary/aromatic N) is 1. The number of aryl methyl sites for hydroxylation is 1. The topological polar surface area (TPSA) is 42.0 Å². The largest absolute Gasteiger partial charge is 0.310 e. The Hall–Kier alpha value is -0.650. The number of hydrogen-bond donors (Lipinski definition) is 1. The second-order valence-corrected chi connectivity index (χ2v) is 5.69. The quantitative estimate of drug-likeness (QED) is 0.809. The Morgan fingerprint density at radius 1 is 1.47 bits per heavy atom. The van der Waals surface area contributed by atoms with Gasteiger partial charge < -0.3 is 5.32 Å². The van der Waals surface area contributed by atoms with Gasteiger partial charge in [0.05, 0.1) is 0 Å². The molecule has 0 saturated carbocycles. The molecule has 0 fully saturated rings. The normalized spacial score (nSPS) is 11.3. The molecule has 1 N–H and O–H groups in total. The van der Waals surface area contributed by atoms with Crippen molar-refractivity contribution < 1.29 is 4.79 Å². The second-order valence-electron chi connectivity index (χ2n) is 4.52. The molecular formula is C11H15IN2O. The van der Waals surface area contributed by atoms with Crippen LogP contribution in [0.25, 0.3) is 0 Å². The minimum Gasteiger partial charge on any atom is -0.310 e. The van der Waals surface area contributed by atoms with Crippen LogP contribution in [-0.2, 0) is 4.79 Å². The van der Waals surface area contributed by atoms with Crippen LogP contribution in [0, 0.1) is 15.9 Å². The number of aromatic nitrogens is 1. The van der Waals surface area contributed by atoms with Crippen molar-refractivity contribution in [1.82, 2.24) is 4.98 Å². The number of nitrogens with one attached hydrogen (secondary N) is 1. The van der Waals surface area contributed by atoms with Crippen LogP contribution in [0.3, 0.4) is 0 Å². The van der Waals surface area contributed by atoms with Crippen molar-refractivity contribution in [2.24, 2.45) is 5.41 Å². The lowest BCUT2D eigenvalue weighted by molar-refractivity contribution is -0.123. The van der Waals surface area contributed by atoms with Crippen LogP contribution in [-0.4, -0.2) is 10.9 Å². The zero-order chi connectivity index (χ0) is 11.6. The van der Waals surface area contributed by atoms with Gasteiger partial charge in [-0.15, -0.1) is 0 Å². The first-order valence-corrected chi connectivity index (χ1v) is 5.82. The third-order valence-corrected chi connectivity index (χ3v) is 3.10. The minimum absolute atomic E-state index is 0.0180. The second kappa shape index (κ2) is 4.47. The van der Waals surface area contributed by atoms with Gasteiger partial charge in [-0.05, 0) is 41.1 Å². The molecule has 1 rings (SSSR count). The van der Waals surface area contributed by atoms with Crippen molar-refractivity contribution in [2.75, 3.05) is 5.32 Å². The maximum absolute atomic E-state index is 11.7. The Kier molecular flexibility index (Phi) is 3.70. The minimum atomic E-state index is -0.390. The van der Waals surface area contributed by atoms with E-state index < -0.39 is 5.41 Å². The number of anilines is 1. The summed E-state index contributed by atoms with van der Waals surface area (Å²) in [4.78, 5) is 15.8. The van der Waals surface area contributed by atoms with Gasteiger partial charge in [-0.2, -0.15) is 0 Å². The Morgan fingerprint density at radius 2 is 2.07 bits per heavy atom. The molecule has 82 valence electrons. The summed E-state index contributed by atoms with van der Waals surface area (Å²) in [6, 6.07) is 1.88. The lowest BCUT2D eigenvalue weighted by Crippen LogP contribution is -2.28. The number of carbonyl (C=O) groups excluding carboxylic acids is 1. The molecule has 1 aromatic rings. The number of carbonyl (C=O) groups is 1. The van der Waals surface area contributed by atoms with Crippen LogP contribution >= 0.6 is 22.6 Å². The van der Waals surface area contributed by atoms with Crippen LogP contribution in [0.5, 0.6) is 0 Å². The molecule has 1 heterocycles. The molecule has 4 heteroatoms. The summed E-state index contributed by atoms with van der Waals surface area (Å²) >= 11 is 2.22. The van der Waals surface area contributed by atoms with E-state index in [2.05, 4.69) is 32.9 Å². The third-order valence-electron chi connectivity index (χ3n) is 1.97. The van der Waals surface area contributed by atoms with Crippen LogP contribution in [0.15, 0.2) is 12.3 Å². The van der Waals surface area contributed by atoms with Crippen molar-refractivity contribution >= 4 is 34.3 Å². The highest BCUT2D eigenvalue weighted by molar-refractivity contribution is 14.1. The number of rotatable bonds is 1. The molecule has 0 aliphatic rings. The average molecular weight is 318 g/mol. The summed E-state index contributed by atoms with van der Waals surface area (Å²) in [5.41, 5.74) is 0.730. The highest BCUT2D eigenvalue weighted by Crippen LogP contribution is 2.18. The van der Waals surface area contributed by atoms with Crippen molar-refractivity contribution in [1.29, 1.82) is 0 Å². The fourth-order valence-electron chi connectivity index (χ4n) is 0.912. The van der Waals surface area contributed by atoms with Crippen molar-refractivity contribution in [3.8, 4) is 0 Å². The maximum atomic E-state index is 11.7. The van der Waals surface area contributed by atoms with Gasteiger partial charge in [0.15, 0.2) is 0 Å². The van der Waals surface area contributed by atoms with Crippen molar-refractivity contribution in [3.63, 3.8) is 0 Å². The van der Waals surface area contributed by atoms with E-state index in [0.29, 0.717) is 5.82 Å². The predicted molar refractivity (Wildman–Crippen MR) is 69.8 cm³/mol. The summed E-state index contributed by atoms with van der Waals surface area (Å²) < 4.78 is 1.10. The number of pyridine rings is 1. The van der Waals surface area contributed by atoms with E-state index in [9.17, 15) is 4.79 Å². The molecule has 0 atom stereocenters. The molecule has 3 nitrogen and oxygen atoms in total. The monoisotopic (exact) mass is 318 g/mol. The summed E-state index contributed by atoms with van der Waals surface area (Å²) in [6.45, 7) is 7.63. The summed E-state index contributed by atoms with van der Waals surface area (Å²) in [5.74, 6) is 0.600. The van der Waals surface area contributed by atoms with E-state index in [1.165, 1.54) is 0 Å². The van der Waals surface area contributed by atoms with Crippen LogP contribution in [0.2, 0.25) is 0 Å². The molecule has 0 saturated heterocycles. The van der Waals surface area contributed by atoms with Gasteiger partial charge in [-0.25, -0.2) is 4.98 Å². The van der Waals surface area contributed by atoms with Gasteiger partial charge in [-0.1, -0.05) is 20.8 Å². The van der Waals surface area contributed by atoms with E-state index >= 15 is 0 Å². The first kappa shape index (κ1) is 12.4. The fourth-order valence-corrected chi connectivity index (χ4v) is 1.21. The standard InChI is InChI=1S/C11H15IN2O/c1-7-5-9(13-6-8(7)12)14-10(15)11(2,3)4/h5-6H,1-4H3,(H,13,14,15). The SMILES string of the molecule is Cc1cc(NC(=O)C(C)(C)C)ncc1I. The zero-order valence-electron chi connectivity index (χ0n) is 9.39. The molecule has 0 spiro atoms.